The summed E-state index contributed by atoms with van der Waals surface area (Å²) in [5, 5.41) is 6.71. The molecule has 0 spiro atoms. The van der Waals surface area contributed by atoms with Gasteiger partial charge in [-0.25, -0.2) is 4.79 Å². The van der Waals surface area contributed by atoms with Crippen molar-refractivity contribution in [2.75, 3.05) is 26.3 Å². The Morgan fingerprint density at radius 2 is 2.17 bits per heavy atom. The van der Waals surface area contributed by atoms with Crippen LogP contribution in [-0.2, 0) is 14.3 Å². The maximum atomic E-state index is 12.3. The van der Waals surface area contributed by atoms with E-state index in [0.29, 0.717) is 31.0 Å². The standard InChI is InChI=1S/C17H19N3O4/c1-12-10-20(7-8-23-12)15(21)11-24-17(22)14-9-18-19-16(14)13-5-3-2-4-6-13/h2-6,9,12H,7-8,10-11H2,1H3,(H,18,19). The Hall–Kier alpha value is -2.67. The molecule has 2 heterocycles. The van der Waals surface area contributed by atoms with Crippen molar-refractivity contribution in [3.05, 3.63) is 42.1 Å². The minimum Gasteiger partial charge on any atom is -0.452 e. The molecular weight excluding hydrogens is 310 g/mol. The molecule has 1 fully saturated rings. The number of carbonyl (C=O) groups is 2. The van der Waals surface area contributed by atoms with Crippen molar-refractivity contribution in [1.82, 2.24) is 15.1 Å². The summed E-state index contributed by atoms with van der Waals surface area (Å²) >= 11 is 0. The monoisotopic (exact) mass is 329 g/mol. The van der Waals surface area contributed by atoms with Crippen molar-refractivity contribution in [2.45, 2.75) is 13.0 Å². The second kappa shape index (κ2) is 7.27. The first-order valence-corrected chi connectivity index (χ1v) is 7.80. The van der Waals surface area contributed by atoms with E-state index in [1.807, 2.05) is 37.3 Å². The third-order valence-electron chi connectivity index (χ3n) is 3.84. The second-order valence-corrected chi connectivity index (χ2v) is 5.62. The topological polar surface area (TPSA) is 84.5 Å². The van der Waals surface area contributed by atoms with Crippen molar-refractivity contribution in [3.63, 3.8) is 0 Å². The molecule has 7 heteroatoms. The maximum absolute atomic E-state index is 12.3. The number of hydrogen-bond donors (Lipinski definition) is 1. The average Bonchev–Trinajstić information content (AvgIpc) is 3.10. The van der Waals surface area contributed by atoms with Crippen molar-refractivity contribution in [2.24, 2.45) is 0 Å². The Morgan fingerprint density at radius 3 is 2.92 bits per heavy atom. The summed E-state index contributed by atoms with van der Waals surface area (Å²) in [6, 6.07) is 9.36. The van der Waals surface area contributed by atoms with Crippen molar-refractivity contribution < 1.29 is 19.1 Å². The minimum atomic E-state index is -0.572. The lowest BCUT2D eigenvalue weighted by atomic mass is 10.1. The lowest BCUT2D eigenvalue weighted by Gasteiger charge is -2.30. The highest BCUT2D eigenvalue weighted by molar-refractivity contribution is 5.97. The van der Waals surface area contributed by atoms with Crippen LogP contribution < -0.4 is 0 Å². The minimum absolute atomic E-state index is 0.00282. The summed E-state index contributed by atoms with van der Waals surface area (Å²) in [4.78, 5) is 26.1. The van der Waals surface area contributed by atoms with Gasteiger partial charge in [-0.2, -0.15) is 5.10 Å². The largest absolute Gasteiger partial charge is 0.452 e. The molecule has 24 heavy (non-hydrogen) atoms. The number of nitrogens with zero attached hydrogens (tertiary/aromatic N) is 2. The number of esters is 1. The maximum Gasteiger partial charge on any atom is 0.342 e. The summed E-state index contributed by atoms with van der Waals surface area (Å²) in [6.45, 7) is 3.15. The van der Waals surface area contributed by atoms with E-state index < -0.39 is 5.97 Å². The molecule has 3 rings (SSSR count). The second-order valence-electron chi connectivity index (χ2n) is 5.62. The molecule has 1 aromatic carbocycles. The van der Waals surface area contributed by atoms with Crippen LogP contribution in [0.5, 0.6) is 0 Å². The Morgan fingerprint density at radius 1 is 1.38 bits per heavy atom. The highest BCUT2D eigenvalue weighted by atomic mass is 16.5. The van der Waals surface area contributed by atoms with Crippen LogP contribution >= 0.6 is 0 Å². The molecule has 1 aliphatic rings. The van der Waals surface area contributed by atoms with Crippen LogP contribution in [0.1, 0.15) is 17.3 Å². The molecule has 1 unspecified atom stereocenters. The number of aromatic amines is 1. The average molecular weight is 329 g/mol. The molecule has 1 N–H and O–H groups in total. The predicted molar refractivity (Wildman–Crippen MR) is 86.3 cm³/mol. The molecule has 1 amide bonds. The number of benzene rings is 1. The molecule has 1 atom stereocenters. The third-order valence-corrected chi connectivity index (χ3v) is 3.84. The number of hydrogen-bond acceptors (Lipinski definition) is 5. The molecule has 1 saturated heterocycles. The predicted octanol–water partition coefficient (Wildman–Crippen LogP) is 1.48. The number of morpholine rings is 1. The highest BCUT2D eigenvalue weighted by Crippen LogP contribution is 2.21. The van der Waals surface area contributed by atoms with Gasteiger partial charge in [0.2, 0.25) is 0 Å². The Labute approximate surface area is 139 Å². The van der Waals surface area contributed by atoms with Gasteiger partial charge in [-0.1, -0.05) is 30.3 Å². The van der Waals surface area contributed by atoms with Gasteiger partial charge in [0.15, 0.2) is 6.61 Å². The summed E-state index contributed by atoms with van der Waals surface area (Å²) < 4.78 is 10.6. The van der Waals surface area contributed by atoms with E-state index in [-0.39, 0.29) is 18.6 Å². The van der Waals surface area contributed by atoms with E-state index in [2.05, 4.69) is 10.2 Å². The van der Waals surface area contributed by atoms with Crippen LogP contribution in [0.3, 0.4) is 0 Å². The molecule has 0 bridgehead atoms. The number of H-pyrrole nitrogens is 1. The zero-order valence-corrected chi connectivity index (χ0v) is 13.4. The highest BCUT2D eigenvalue weighted by Gasteiger charge is 2.23. The Kier molecular flexibility index (Phi) is 4.90. The van der Waals surface area contributed by atoms with Crippen LogP contribution in [0.25, 0.3) is 11.3 Å². The zero-order valence-electron chi connectivity index (χ0n) is 13.4. The van der Waals surface area contributed by atoms with Gasteiger partial charge in [0.25, 0.3) is 5.91 Å². The van der Waals surface area contributed by atoms with Crippen LogP contribution in [0.4, 0.5) is 0 Å². The SMILES string of the molecule is CC1CN(C(=O)COC(=O)c2cn[nH]c2-c2ccccc2)CCO1. The molecule has 7 nitrogen and oxygen atoms in total. The molecule has 0 radical (unpaired) electrons. The molecule has 1 aliphatic heterocycles. The Balaban J connectivity index is 1.62. The van der Waals surface area contributed by atoms with Crippen LogP contribution in [0.15, 0.2) is 36.5 Å². The molecule has 126 valence electrons. The first-order valence-electron chi connectivity index (χ1n) is 7.80. The lowest BCUT2D eigenvalue weighted by Crippen LogP contribution is -2.46. The van der Waals surface area contributed by atoms with Crippen LogP contribution in [0.2, 0.25) is 0 Å². The van der Waals surface area contributed by atoms with Gasteiger partial charge in [0, 0.05) is 18.7 Å². The Bertz CT molecular complexity index is 714. The summed E-state index contributed by atoms with van der Waals surface area (Å²) in [5.74, 6) is -0.791. The number of carbonyl (C=O) groups excluding carboxylic acids is 2. The van der Waals surface area contributed by atoms with Gasteiger partial charge in [0.1, 0.15) is 5.56 Å². The molecular formula is C17H19N3O4. The first kappa shape index (κ1) is 16.2. The number of nitrogens with one attached hydrogen (secondary N) is 1. The molecule has 0 aliphatic carbocycles. The normalized spacial score (nSPS) is 17.5. The van der Waals surface area contributed by atoms with E-state index in [1.54, 1.807) is 4.90 Å². The van der Waals surface area contributed by atoms with Gasteiger partial charge in [-0.3, -0.25) is 9.89 Å². The lowest BCUT2D eigenvalue weighted by molar-refractivity contribution is -0.141. The fraction of sp³-hybridized carbons (Fsp3) is 0.353. The molecule has 2 aromatic rings. The fourth-order valence-corrected chi connectivity index (χ4v) is 2.61. The quantitative estimate of drug-likeness (QED) is 0.859. The van der Waals surface area contributed by atoms with Gasteiger partial charge in [-0.05, 0) is 6.92 Å². The van der Waals surface area contributed by atoms with Crippen molar-refractivity contribution >= 4 is 11.9 Å². The van der Waals surface area contributed by atoms with Gasteiger partial charge >= 0.3 is 5.97 Å². The fourth-order valence-electron chi connectivity index (χ4n) is 2.61. The number of aromatic nitrogens is 2. The first-order chi connectivity index (χ1) is 11.6. The zero-order chi connectivity index (χ0) is 16.9. The molecule has 0 saturated carbocycles. The molecule has 1 aromatic heterocycles. The number of ether oxygens (including phenoxy) is 2. The van der Waals surface area contributed by atoms with Crippen LogP contribution in [0, 0.1) is 0 Å². The van der Waals surface area contributed by atoms with Crippen molar-refractivity contribution in [3.8, 4) is 11.3 Å². The summed E-state index contributed by atoms with van der Waals surface area (Å²) in [7, 11) is 0. The van der Waals surface area contributed by atoms with E-state index >= 15 is 0 Å². The number of rotatable bonds is 4. The third kappa shape index (κ3) is 3.62. The van der Waals surface area contributed by atoms with Crippen molar-refractivity contribution in [1.29, 1.82) is 0 Å². The smallest absolute Gasteiger partial charge is 0.342 e. The van der Waals surface area contributed by atoms with E-state index in [9.17, 15) is 9.59 Å². The van der Waals surface area contributed by atoms with Gasteiger partial charge < -0.3 is 14.4 Å². The van der Waals surface area contributed by atoms with E-state index in [1.165, 1.54) is 6.20 Å². The summed E-state index contributed by atoms with van der Waals surface area (Å²) in [6.07, 6.45) is 1.41. The van der Waals surface area contributed by atoms with E-state index in [0.717, 1.165) is 5.56 Å². The van der Waals surface area contributed by atoms with Gasteiger partial charge in [0.05, 0.1) is 24.6 Å². The van der Waals surface area contributed by atoms with Gasteiger partial charge in [-0.15, -0.1) is 0 Å². The van der Waals surface area contributed by atoms with Crippen LogP contribution in [-0.4, -0.2) is 59.4 Å². The number of amides is 1. The van der Waals surface area contributed by atoms with E-state index in [4.69, 9.17) is 9.47 Å². The summed E-state index contributed by atoms with van der Waals surface area (Å²) in [5.41, 5.74) is 1.72.